The minimum atomic E-state index is -4.48. The van der Waals surface area contributed by atoms with Crippen LogP contribution in [0.2, 0.25) is 0 Å². The first-order chi connectivity index (χ1) is 16.1. The lowest BCUT2D eigenvalue weighted by Crippen LogP contribution is -2.60. The largest absolute Gasteiger partial charge is 0.416 e. The summed E-state index contributed by atoms with van der Waals surface area (Å²) in [4.78, 5) is 41.8. The van der Waals surface area contributed by atoms with Gasteiger partial charge in [0.2, 0.25) is 0 Å². The first-order valence-electron chi connectivity index (χ1n) is 10.2. The number of halogens is 3. The standard InChI is InChI=1S/C23H22F3N5O3/c1-2-28-18(11-12-27)22(20(33)30-21(34)31-22)13-29-19(32)17-6-4-3-5-16(17)14-7-9-15(10-8-14)23(24,25)26/h3-12H,2,13,27H2,1H3,(H,29,32)(H2,30,31,33,34). The molecule has 2 aromatic carbocycles. The van der Waals surface area contributed by atoms with Crippen molar-refractivity contribution in [2.45, 2.75) is 18.6 Å². The molecule has 1 aliphatic heterocycles. The molecular formula is C23H22F3N5O3. The Labute approximate surface area is 193 Å². The summed E-state index contributed by atoms with van der Waals surface area (Å²) in [6.07, 6.45) is -1.96. The van der Waals surface area contributed by atoms with E-state index in [9.17, 15) is 27.6 Å². The van der Waals surface area contributed by atoms with Crippen LogP contribution in [-0.4, -0.2) is 42.2 Å². The normalized spacial score (nSPS) is 18.6. The third-order valence-electron chi connectivity index (χ3n) is 5.17. The third-order valence-corrected chi connectivity index (χ3v) is 5.17. The maximum atomic E-state index is 13.1. The number of alkyl halides is 3. The Kier molecular flexibility index (Phi) is 7.04. The van der Waals surface area contributed by atoms with E-state index in [1.54, 1.807) is 25.1 Å². The molecule has 5 N–H and O–H groups in total. The zero-order valence-electron chi connectivity index (χ0n) is 18.1. The van der Waals surface area contributed by atoms with Gasteiger partial charge in [-0.1, -0.05) is 30.3 Å². The zero-order valence-corrected chi connectivity index (χ0v) is 18.1. The number of amides is 4. The summed E-state index contributed by atoms with van der Waals surface area (Å²) in [6, 6.07) is 10.0. The molecule has 34 heavy (non-hydrogen) atoms. The molecule has 1 saturated heterocycles. The summed E-state index contributed by atoms with van der Waals surface area (Å²) in [5.41, 5.74) is 4.11. The number of rotatable bonds is 7. The summed E-state index contributed by atoms with van der Waals surface area (Å²) in [5.74, 6) is -1.31. The lowest BCUT2D eigenvalue weighted by atomic mass is 9.92. The Balaban J connectivity index is 1.91. The number of nitrogens with zero attached hydrogens (tertiary/aromatic N) is 1. The first kappa shape index (κ1) is 24.5. The van der Waals surface area contributed by atoms with Gasteiger partial charge in [0.05, 0.1) is 17.8 Å². The summed E-state index contributed by atoms with van der Waals surface area (Å²) in [5, 5.41) is 7.26. The number of benzene rings is 2. The van der Waals surface area contributed by atoms with Gasteiger partial charge in [0.25, 0.3) is 11.8 Å². The Morgan fingerprint density at radius 1 is 1.15 bits per heavy atom. The maximum Gasteiger partial charge on any atom is 0.416 e. The molecule has 11 heteroatoms. The van der Waals surface area contributed by atoms with E-state index < -0.39 is 35.1 Å². The molecule has 1 fully saturated rings. The van der Waals surface area contributed by atoms with E-state index >= 15 is 0 Å². The number of nitrogens with two attached hydrogens (primary N) is 1. The van der Waals surface area contributed by atoms with Gasteiger partial charge < -0.3 is 16.4 Å². The van der Waals surface area contributed by atoms with Crippen LogP contribution in [0.25, 0.3) is 11.1 Å². The van der Waals surface area contributed by atoms with Crippen molar-refractivity contribution in [1.29, 1.82) is 0 Å². The van der Waals surface area contributed by atoms with Gasteiger partial charge in [-0.25, -0.2) is 4.79 Å². The minimum Gasteiger partial charge on any atom is -0.405 e. The van der Waals surface area contributed by atoms with E-state index in [1.807, 2.05) is 0 Å². The molecule has 3 rings (SSSR count). The van der Waals surface area contributed by atoms with Crippen molar-refractivity contribution in [3.05, 3.63) is 71.9 Å². The summed E-state index contributed by atoms with van der Waals surface area (Å²) in [6.45, 7) is 1.68. The fourth-order valence-electron chi connectivity index (χ4n) is 3.56. The Hall–Kier alpha value is -4.15. The van der Waals surface area contributed by atoms with Gasteiger partial charge in [-0.15, -0.1) is 0 Å². The Bertz CT molecular complexity index is 1160. The lowest BCUT2D eigenvalue weighted by Gasteiger charge is -2.27. The van der Waals surface area contributed by atoms with Crippen LogP contribution in [0.5, 0.6) is 0 Å². The fourth-order valence-corrected chi connectivity index (χ4v) is 3.56. The van der Waals surface area contributed by atoms with Crippen LogP contribution in [0.3, 0.4) is 0 Å². The molecule has 1 aliphatic rings. The molecular weight excluding hydrogens is 451 g/mol. The highest BCUT2D eigenvalue weighted by atomic mass is 19.4. The van der Waals surface area contributed by atoms with Crippen molar-refractivity contribution in [3.8, 4) is 11.1 Å². The van der Waals surface area contributed by atoms with Crippen molar-refractivity contribution in [2.75, 3.05) is 13.1 Å². The van der Waals surface area contributed by atoms with Crippen LogP contribution >= 0.6 is 0 Å². The Morgan fingerprint density at radius 2 is 1.82 bits per heavy atom. The van der Waals surface area contributed by atoms with Crippen LogP contribution in [0.4, 0.5) is 18.0 Å². The molecule has 0 bridgehead atoms. The number of carbonyl (C=O) groups excluding carboxylic acids is 3. The Morgan fingerprint density at radius 3 is 2.38 bits per heavy atom. The quantitative estimate of drug-likeness (QED) is 0.364. The SMILES string of the molecule is CCN=C(C=CN)C1(CNC(=O)c2ccccc2-c2ccc(C(F)(F)F)cc2)NC(=O)NC1=O. The molecule has 0 radical (unpaired) electrons. The predicted octanol–water partition coefficient (Wildman–Crippen LogP) is 2.61. The van der Waals surface area contributed by atoms with Gasteiger partial charge in [-0.05, 0) is 48.5 Å². The van der Waals surface area contributed by atoms with Crippen molar-refractivity contribution in [3.63, 3.8) is 0 Å². The molecule has 2 aromatic rings. The number of hydrogen-bond donors (Lipinski definition) is 4. The summed E-state index contributed by atoms with van der Waals surface area (Å²) in [7, 11) is 0. The summed E-state index contributed by atoms with van der Waals surface area (Å²) < 4.78 is 38.7. The highest BCUT2D eigenvalue weighted by Gasteiger charge is 2.50. The average molecular weight is 473 g/mol. The number of hydrogen-bond acceptors (Lipinski definition) is 5. The number of carbonyl (C=O) groups is 3. The van der Waals surface area contributed by atoms with Crippen LogP contribution < -0.4 is 21.7 Å². The number of nitrogens with one attached hydrogen (secondary N) is 3. The second-order valence-corrected chi connectivity index (χ2v) is 7.34. The molecule has 1 atom stereocenters. The molecule has 0 saturated carbocycles. The summed E-state index contributed by atoms with van der Waals surface area (Å²) >= 11 is 0. The molecule has 0 spiro atoms. The molecule has 8 nitrogen and oxygen atoms in total. The monoisotopic (exact) mass is 473 g/mol. The van der Waals surface area contributed by atoms with Crippen LogP contribution in [-0.2, 0) is 11.0 Å². The first-order valence-corrected chi connectivity index (χ1v) is 10.2. The lowest BCUT2D eigenvalue weighted by molar-refractivity contribution is -0.137. The molecule has 1 heterocycles. The molecule has 1 unspecified atom stereocenters. The fraction of sp³-hybridized carbons (Fsp3) is 0.217. The maximum absolute atomic E-state index is 13.1. The van der Waals surface area contributed by atoms with Crippen molar-refractivity contribution >= 4 is 23.6 Å². The average Bonchev–Trinajstić information content (AvgIpc) is 3.10. The zero-order chi connectivity index (χ0) is 24.9. The van der Waals surface area contributed by atoms with Gasteiger partial charge in [-0.3, -0.25) is 19.9 Å². The smallest absolute Gasteiger partial charge is 0.405 e. The van der Waals surface area contributed by atoms with Crippen molar-refractivity contribution in [2.24, 2.45) is 10.7 Å². The molecule has 0 aromatic heterocycles. The van der Waals surface area contributed by atoms with Crippen LogP contribution in [0.1, 0.15) is 22.8 Å². The predicted molar refractivity (Wildman–Crippen MR) is 120 cm³/mol. The van der Waals surface area contributed by atoms with E-state index in [-0.39, 0.29) is 24.4 Å². The van der Waals surface area contributed by atoms with Gasteiger partial charge in [0.15, 0.2) is 5.54 Å². The van der Waals surface area contributed by atoms with Gasteiger partial charge in [0, 0.05) is 12.1 Å². The van der Waals surface area contributed by atoms with E-state index in [0.717, 1.165) is 18.3 Å². The second kappa shape index (κ2) is 9.77. The number of aliphatic imine (C=N–C) groups is 1. The van der Waals surface area contributed by atoms with E-state index in [4.69, 9.17) is 5.73 Å². The topological polar surface area (TPSA) is 126 Å². The van der Waals surface area contributed by atoms with Crippen molar-refractivity contribution in [1.82, 2.24) is 16.0 Å². The van der Waals surface area contributed by atoms with Crippen molar-refractivity contribution < 1.29 is 27.6 Å². The van der Waals surface area contributed by atoms with Crippen LogP contribution in [0.15, 0.2) is 65.8 Å². The second-order valence-electron chi connectivity index (χ2n) is 7.34. The van der Waals surface area contributed by atoms with Gasteiger partial charge in [-0.2, -0.15) is 13.2 Å². The van der Waals surface area contributed by atoms with E-state index in [1.165, 1.54) is 24.3 Å². The highest BCUT2D eigenvalue weighted by molar-refractivity contribution is 6.26. The van der Waals surface area contributed by atoms with Crippen LogP contribution in [0, 0.1) is 0 Å². The third kappa shape index (κ3) is 4.92. The number of urea groups is 1. The van der Waals surface area contributed by atoms with E-state index in [2.05, 4.69) is 20.9 Å². The number of imide groups is 1. The minimum absolute atomic E-state index is 0.150. The highest BCUT2D eigenvalue weighted by Crippen LogP contribution is 2.32. The molecule has 0 aliphatic carbocycles. The van der Waals surface area contributed by atoms with Gasteiger partial charge >= 0.3 is 12.2 Å². The molecule has 4 amide bonds. The molecule has 178 valence electrons. The van der Waals surface area contributed by atoms with Gasteiger partial charge in [0.1, 0.15) is 0 Å². The van der Waals surface area contributed by atoms with E-state index in [0.29, 0.717) is 11.1 Å².